The summed E-state index contributed by atoms with van der Waals surface area (Å²) in [6, 6.07) is 28.9. The van der Waals surface area contributed by atoms with Gasteiger partial charge in [0, 0.05) is 29.9 Å². The summed E-state index contributed by atoms with van der Waals surface area (Å²) in [4.78, 5) is 105. The number of anilines is 1. The predicted octanol–water partition coefficient (Wildman–Crippen LogP) is 3.11. The minimum Gasteiger partial charge on any atom is -0.503 e. The molecular weight excluding hydrogens is 911 g/mol. The van der Waals surface area contributed by atoms with Crippen LogP contribution in [0.1, 0.15) is 62.7 Å². The lowest BCUT2D eigenvalue weighted by atomic mass is 9.77. The topological polar surface area (TPSA) is 274 Å². The fraction of sp³-hybridized carbons (Fsp3) is 0.271. The van der Waals surface area contributed by atoms with E-state index in [1.807, 2.05) is 91.0 Å². The Morgan fingerprint density at radius 1 is 0.884 bits per heavy atom. The van der Waals surface area contributed by atoms with E-state index in [4.69, 9.17) is 14.6 Å². The Balaban J connectivity index is 1.14. The van der Waals surface area contributed by atoms with Gasteiger partial charge in [-0.15, -0.1) is 11.3 Å². The zero-order valence-electron chi connectivity index (χ0n) is 38.1. The van der Waals surface area contributed by atoms with Gasteiger partial charge in [0.05, 0.1) is 25.2 Å². The molecule has 2 aliphatic rings. The number of pyridine rings is 1. The molecule has 0 aliphatic carbocycles. The highest BCUT2D eigenvalue weighted by Crippen LogP contribution is 2.41. The molecule has 3 aromatic carbocycles. The number of nitrogens with one attached hydrogen (secondary N) is 5. The number of rotatable bonds is 17. The monoisotopic (exact) mass is 959 g/mol. The Morgan fingerprint density at radius 3 is 2.03 bits per heavy atom. The molecule has 1 fully saturated rings. The maximum Gasteiger partial charge on any atom is 0.354 e. The smallest absolute Gasteiger partial charge is 0.354 e. The quantitative estimate of drug-likeness (QED) is 0.0306. The van der Waals surface area contributed by atoms with Gasteiger partial charge < -0.3 is 46.0 Å². The number of hydrogen-bond acceptors (Lipinski definition) is 15. The molecular formula is C48H49N9O11S. The van der Waals surface area contributed by atoms with E-state index in [9.17, 15) is 43.8 Å². The summed E-state index contributed by atoms with van der Waals surface area (Å²) in [5.74, 6) is -6.38. The van der Waals surface area contributed by atoms with Crippen molar-refractivity contribution in [3.8, 4) is 5.75 Å². The third-order valence-electron chi connectivity index (χ3n) is 10.8. The summed E-state index contributed by atoms with van der Waals surface area (Å²) < 4.78 is 5.54. The first-order valence-electron chi connectivity index (χ1n) is 21.5. The molecule has 0 bridgehead atoms. The molecule has 2 aliphatic heterocycles. The van der Waals surface area contributed by atoms with Gasteiger partial charge in [-0.3, -0.25) is 24.0 Å². The van der Waals surface area contributed by atoms with Crippen LogP contribution in [-0.4, -0.2) is 108 Å². The van der Waals surface area contributed by atoms with Crippen LogP contribution < -0.4 is 26.7 Å². The van der Waals surface area contributed by atoms with Crippen LogP contribution >= 0.6 is 11.3 Å². The first kappa shape index (κ1) is 48.8. The number of esters is 1. The Bertz CT molecular complexity index is 2800. The van der Waals surface area contributed by atoms with Crippen LogP contribution in [0.15, 0.2) is 130 Å². The van der Waals surface area contributed by atoms with Crippen LogP contribution in [0.3, 0.4) is 0 Å². The highest BCUT2D eigenvalue weighted by atomic mass is 32.1. The Kier molecular flexibility index (Phi) is 14.1. The SMILES string of the molecule is CC(C)(C)OC(=O)C(C)(C)O/N=C(\C(=O)N[C@H]1CN2CC(C(=O)NCC(=O)NCc3cc(=O)c(O)c[nH]3)=C(C(=O)O)N2C1=O)c1csc(NC(c2ccccc2)(c2ccccc2)c2ccccc2)n1. The van der Waals surface area contributed by atoms with Crippen molar-refractivity contribution < 1.29 is 48.6 Å². The number of H-pyrrole nitrogens is 1. The van der Waals surface area contributed by atoms with Crippen LogP contribution in [0.4, 0.5) is 5.13 Å². The summed E-state index contributed by atoms with van der Waals surface area (Å²) >= 11 is 1.16. The fourth-order valence-electron chi connectivity index (χ4n) is 7.48. The maximum absolute atomic E-state index is 14.4. The maximum atomic E-state index is 14.4. The van der Waals surface area contributed by atoms with Gasteiger partial charge in [0.15, 0.2) is 22.3 Å². The normalized spacial score (nSPS) is 15.3. The molecule has 0 saturated carbocycles. The highest BCUT2D eigenvalue weighted by Gasteiger charge is 2.50. The second-order valence-electron chi connectivity index (χ2n) is 17.4. The minimum atomic E-state index is -1.72. The van der Waals surface area contributed by atoms with Gasteiger partial charge in [0.2, 0.25) is 16.9 Å². The van der Waals surface area contributed by atoms with Crippen molar-refractivity contribution in [1.82, 2.24) is 35.9 Å². The van der Waals surface area contributed by atoms with Gasteiger partial charge in [-0.05, 0) is 51.3 Å². The zero-order valence-corrected chi connectivity index (χ0v) is 38.9. The standard InChI is InChI=1S/C48H49N9O11S/c1-46(2,3)67-44(66)47(4,5)68-55-38(34-27-69-45(53-34)54-48(28-15-9-6-10-16-28,29-17-11-7-12-18-29)30-19-13-8-14-20-30)41(62)52-33-26-56-25-32(39(43(64)65)57(56)42(33)63)40(61)51-24-37(60)50-22-31-21-35(58)36(59)23-49-31/h6-21,23,27,33,59H,22,24-26H2,1-5H3,(H,49,58)(H,50,60)(H,51,61)(H,52,62)(H,53,54)(H,64,65)/b55-38-/t33-/m0/s1. The molecule has 0 spiro atoms. The number of aromatic nitrogens is 2. The number of thiazole rings is 1. The molecule has 1 saturated heterocycles. The summed E-state index contributed by atoms with van der Waals surface area (Å²) in [5.41, 5.74) is -2.79. The predicted molar refractivity (Wildman–Crippen MR) is 251 cm³/mol. The van der Waals surface area contributed by atoms with Crippen molar-refractivity contribution in [2.24, 2.45) is 5.16 Å². The van der Waals surface area contributed by atoms with E-state index in [-0.39, 0.29) is 36.6 Å². The third kappa shape index (κ3) is 10.8. The van der Waals surface area contributed by atoms with Crippen molar-refractivity contribution in [3.63, 3.8) is 0 Å². The molecule has 7 N–H and O–H groups in total. The number of carbonyl (C=O) groups excluding carboxylic acids is 5. The first-order chi connectivity index (χ1) is 32.8. The summed E-state index contributed by atoms with van der Waals surface area (Å²) in [6.07, 6.45) is 1.06. The van der Waals surface area contributed by atoms with Crippen molar-refractivity contribution in [2.45, 2.75) is 63.9 Å². The number of amides is 4. The molecule has 0 radical (unpaired) electrons. The van der Waals surface area contributed by atoms with Crippen LogP contribution in [0, 0.1) is 0 Å². The second-order valence-corrected chi connectivity index (χ2v) is 18.2. The van der Waals surface area contributed by atoms with E-state index in [1.54, 1.807) is 26.2 Å². The van der Waals surface area contributed by atoms with Crippen molar-refractivity contribution in [1.29, 1.82) is 0 Å². The summed E-state index contributed by atoms with van der Waals surface area (Å²) in [7, 11) is 0. The number of aliphatic carboxylic acids is 1. The Morgan fingerprint density at radius 2 is 1.48 bits per heavy atom. The number of aromatic hydroxyl groups is 1. The third-order valence-corrected chi connectivity index (χ3v) is 11.5. The summed E-state index contributed by atoms with van der Waals surface area (Å²) in [5, 5.41) is 38.8. The van der Waals surface area contributed by atoms with Gasteiger partial charge in [-0.25, -0.2) is 24.6 Å². The Labute approximate surface area is 399 Å². The molecule has 1 atom stereocenters. The fourth-order valence-corrected chi connectivity index (χ4v) is 8.23. The van der Waals surface area contributed by atoms with E-state index >= 15 is 0 Å². The van der Waals surface area contributed by atoms with Crippen molar-refractivity contribution in [3.05, 3.63) is 158 Å². The molecule has 20 nitrogen and oxygen atoms in total. The van der Waals surface area contributed by atoms with Crippen molar-refractivity contribution in [2.75, 3.05) is 25.0 Å². The van der Waals surface area contributed by atoms with Crippen LogP contribution in [0.5, 0.6) is 5.75 Å². The number of ether oxygens (including phenoxy) is 1. The first-order valence-corrected chi connectivity index (χ1v) is 22.4. The number of carbonyl (C=O) groups is 6. The van der Waals surface area contributed by atoms with Gasteiger partial charge >= 0.3 is 11.9 Å². The second kappa shape index (κ2) is 20.0. The molecule has 21 heteroatoms. The summed E-state index contributed by atoms with van der Waals surface area (Å²) in [6.45, 7) is 6.48. The number of carboxylic acid groups (broad SMARTS) is 1. The molecule has 4 heterocycles. The molecule has 69 heavy (non-hydrogen) atoms. The van der Waals surface area contributed by atoms with E-state index in [0.29, 0.717) is 5.13 Å². The molecule has 358 valence electrons. The lowest BCUT2D eigenvalue weighted by Gasteiger charge is -2.36. The molecule has 5 aromatic rings. The van der Waals surface area contributed by atoms with Gasteiger partial charge in [0.25, 0.3) is 17.7 Å². The largest absolute Gasteiger partial charge is 0.503 e. The molecule has 4 amide bonds. The van der Waals surface area contributed by atoms with E-state index < -0.39 is 87.5 Å². The number of hydrogen-bond donors (Lipinski definition) is 7. The van der Waals surface area contributed by atoms with Crippen LogP contribution in [0.2, 0.25) is 0 Å². The highest BCUT2D eigenvalue weighted by molar-refractivity contribution is 7.14. The average Bonchev–Trinajstić information content (AvgIpc) is 4.02. The van der Waals surface area contributed by atoms with Crippen LogP contribution in [0.25, 0.3) is 0 Å². The van der Waals surface area contributed by atoms with Gasteiger partial charge in [-0.2, -0.15) is 0 Å². The molecule has 2 aromatic heterocycles. The molecule has 0 unspecified atom stereocenters. The van der Waals surface area contributed by atoms with Gasteiger partial charge in [0.1, 0.15) is 22.9 Å². The average molecular weight is 960 g/mol. The minimum absolute atomic E-state index is 0.000191. The van der Waals surface area contributed by atoms with Gasteiger partial charge in [-0.1, -0.05) is 96.2 Å². The van der Waals surface area contributed by atoms with Crippen LogP contribution in [-0.2, 0) is 50.4 Å². The van der Waals surface area contributed by atoms with E-state index in [2.05, 4.69) is 31.4 Å². The zero-order chi connectivity index (χ0) is 49.7. The number of hydrazine groups is 1. The lowest BCUT2D eigenvalue weighted by molar-refractivity contribution is -0.179. The lowest BCUT2D eigenvalue weighted by Crippen LogP contribution is -2.46. The number of carboxylic acids is 1. The van der Waals surface area contributed by atoms with E-state index in [0.717, 1.165) is 45.3 Å². The van der Waals surface area contributed by atoms with E-state index in [1.165, 1.54) is 18.9 Å². The number of aromatic amines is 1. The van der Waals surface area contributed by atoms with Crippen molar-refractivity contribution >= 4 is 57.7 Å². The number of nitrogens with zero attached hydrogens (tertiary/aromatic N) is 4. The Hall–Kier alpha value is -8.17. The molecule has 7 rings (SSSR count). The number of benzene rings is 3. The number of fused-ring (bicyclic) bond motifs is 1. The number of oxime groups is 1.